The van der Waals surface area contributed by atoms with Crippen LogP contribution >= 0.6 is 0 Å². The molecule has 4 aromatic heterocycles. The van der Waals surface area contributed by atoms with Gasteiger partial charge in [-0.1, -0.05) is 123 Å². The molecule has 69 heavy (non-hydrogen) atoms. The maximum atomic E-state index is 11.9. The number of nitriles is 1. The Morgan fingerprint density at radius 2 is 0.913 bits per heavy atom. The molecule has 4 heterocycles. The fraction of sp³-hybridized carbons (Fsp3) is 0.111. The first-order valence-corrected chi connectivity index (χ1v) is 23.8. The molecule has 15 rings (SSSR count). The molecule has 1 fully saturated rings. The van der Waals surface area contributed by atoms with Crippen molar-refractivity contribution in [1.82, 2.24) is 9.13 Å². The van der Waals surface area contributed by atoms with Gasteiger partial charge in [0.15, 0.2) is 0 Å². The molecule has 2 atom stereocenters. The number of rotatable bonds is 4. The van der Waals surface area contributed by atoms with Crippen molar-refractivity contribution in [2.24, 2.45) is 0 Å². The Labute approximate surface area is 396 Å². The van der Waals surface area contributed by atoms with Gasteiger partial charge in [-0.3, -0.25) is 0 Å². The van der Waals surface area contributed by atoms with Crippen molar-refractivity contribution in [1.29, 1.82) is 5.26 Å². The Hall–Kier alpha value is -8.84. The Bertz CT molecular complexity index is 4230. The van der Waals surface area contributed by atoms with E-state index in [4.69, 9.17) is 8.83 Å². The number of hydrogen-bond donors (Lipinski definition) is 0. The molecule has 2 unspecified atom stereocenters. The van der Waals surface area contributed by atoms with Crippen LogP contribution in [0.25, 0.3) is 126 Å². The molecule has 0 amide bonds. The van der Waals surface area contributed by atoms with Gasteiger partial charge < -0.3 is 18.0 Å². The number of nitrogens with zero attached hydrogens (tertiary/aromatic N) is 4. The van der Waals surface area contributed by atoms with E-state index in [0.717, 1.165) is 152 Å². The Morgan fingerprint density at radius 3 is 1.41 bits per heavy atom. The van der Waals surface area contributed by atoms with Gasteiger partial charge in [0, 0.05) is 55.2 Å². The summed E-state index contributed by atoms with van der Waals surface area (Å²) in [7, 11) is 0. The summed E-state index contributed by atoms with van der Waals surface area (Å²) in [5.74, 6) is 0. The van der Waals surface area contributed by atoms with Gasteiger partial charge in [0.25, 0.3) is 0 Å². The highest BCUT2D eigenvalue weighted by atomic mass is 16.3. The topological polar surface area (TPSA) is 64.3 Å². The highest BCUT2D eigenvalue weighted by molar-refractivity contribution is 6.20. The predicted octanol–water partition coefficient (Wildman–Crippen LogP) is 17.1. The molecule has 324 valence electrons. The summed E-state index contributed by atoms with van der Waals surface area (Å²) in [4.78, 5) is 4.50. The van der Waals surface area contributed by atoms with E-state index in [1.54, 1.807) is 0 Å². The molecular formula is C63H40N4O2. The molecule has 6 nitrogen and oxygen atoms in total. The van der Waals surface area contributed by atoms with Crippen LogP contribution < -0.4 is 0 Å². The Kier molecular flexibility index (Phi) is 7.44. The van der Waals surface area contributed by atoms with E-state index in [1.807, 2.05) is 36.4 Å². The molecule has 6 heteroatoms. The quantitative estimate of drug-likeness (QED) is 0.165. The Morgan fingerprint density at radius 1 is 0.464 bits per heavy atom. The molecule has 1 saturated carbocycles. The van der Waals surface area contributed by atoms with Crippen LogP contribution in [0.5, 0.6) is 0 Å². The van der Waals surface area contributed by atoms with Gasteiger partial charge in [-0.05, 0) is 112 Å². The largest absolute Gasteiger partial charge is 0.456 e. The lowest BCUT2D eigenvalue weighted by atomic mass is 9.75. The van der Waals surface area contributed by atoms with E-state index in [2.05, 4.69) is 167 Å². The number of aromatic nitrogens is 2. The molecular weight excluding hydrogens is 845 g/mol. The maximum absolute atomic E-state index is 11.9. The normalized spacial score (nSPS) is 17.6. The summed E-state index contributed by atoms with van der Waals surface area (Å²) in [6.07, 6.45) is 2.86. The average Bonchev–Trinajstić information content (AvgIpc) is 4.22. The van der Waals surface area contributed by atoms with E-state index < -0.39 is 0 Å². The van der Waals surface area contributed by atoms with Crippen molar-refractivity contribution >= 4 is 93.2 Å². The highest BCUT2D eigenvalue weighted by Crippen LogP contribution is 2.66. The van der Waals surface area contributed by atoms with Crippen molar-refractivity contribution in [2.45, 2.75) is 43.9 Å². The van der Waals surface area contributed by atoms with Crippen LogP contribution in [0.1, 0.15) is 49.8 Å². The minimum absolute atomic E-state index is 0.275. The summed E-state index contributed by atoms with van der Waals surface area (Å²) in [5.41, 5.74) is 15.7. The van der Waals surface area contributed by atoms with Gasteiger partial charge in [-0.2, -0.15) is 5.26 Å². The zero-order valence-electron chi connectivity index (χ0n) is 37.9. The van der Waals surface area contributed by atoms with Gasteiger partial charge in [0.05, 0.1) is 51.6 Å². The summed E-state index contributed by atoms with van der Waals surface area (Å²) in [6, 6.07) is 62.5. The van der Waals surface area contributed by atoms with Crippen LogP contribution in [-0.2, 0) is 10.8 Å². The number of benzene rings is 9. The van der Waals surface area contributed by atoms with Crippen molar-refractivity contribution in [3.8, 4) is 39.7 Å². The van der Waals surface area contributed by atoms with Crippen molar-refractivity contribution in [2.75, 3.05) is 0 Å². The van der Waals surface area contributed by atoms with Crippen LogP contribution in [0.4, 0.5) is 5.69 Å². The summed E-state index contributed by atoms with van der Waals surface area (Å²) in [6.45, 7) is 14.1. The first-order chi connectivity index (χ1) is 33.8. The van der Waals surface area contributed by atoms with Crippen LogP contribution in [-0.4, -0.2) is 9.13 Å². The third-order valence-corrected chi connectivity index (χ3v) is 16.0. The zero-order chi connectivity index (χ0) is 45.9. The molecule has 13 aromatic rings. The molecule has 9 aromatic carbocycles. The van der Waals surface area contributed by atoms with E-state index in [9.17, 15) is 11.8 Å². The third kappa shape index (κ3) is 5.02. The molecule has 0 spiro atoms. The number of para-hydroxylation sites is 2. The van der Waals surface area contributed by atoms with Gasteiger partial charge in [-0.15, -0.1) is 0 Å². The molecule has 0 N–H and O–H groups in total. The van der Waals surface area contributed by atoms with E-state index in [1.165, 1.54) is 0 Å². The fourth-order valence-corrected chi connectivity index (χ4v) is 13.1. The highest BCUT2D eigenvalue weighted by Gasteiger charge is 2.57. The minimum atomic E-state index is -0.276. The van der Waals surface area contributed by atoms with Crippen LogP contribution in [0.2, 0.25) is 0 Å². The second kappa shape index (κ2) is 13.4. The third-order valence-electron chi connectivity index (χ3n) is 16.0. The van der Waals surface area contributed by atoms with Crippen molar-refractivity contribution in [3.05, 3.63) is 198 Å². The molecule has 2 bridgehead atoms. The standard InChI is InChI=1S/C63H40N4O2/c1-62-26-27-63(2,35-62)58-57(62)60(66-49-24-22-38(36-14-6-4-7-15-36)28-42(49)44-30-46-40-18-10-12-20-53(40)68-55(46)32-51(44)66)48(34-64)59(65-3)61(58)67-50-25-23-39(37-16-8-5-9-17-37)29-43(50)45-31-47-41-19-11-13-21-54(41)69-56(47)33-52(45)67/h4-25,28-33H,26-27,35H2,1-2H3. The first kappa shape index (κ1) is 38.3. The number of fused-ring (bicyclic) bond motifs is 17. The van der Waals surface area contributed by atoms with E-state index in [-0.39, 0.29) is 10.8 Å². The molecule has 0 radical (unpaired) electrons. The summed E-state index contributed by atoms with van der Waals surface area (Å²) in [5, 5.41) is 20.4. The maximum Gasteiger partial charge on any atom is 0.230 e. The van der Waals surface area contributed by atoms with Crippen LogP contribution in [0, 0.1) is 17.9 Å². The second-order valence-corrected chi connectivity index (χ2v) is 20.0. The molecule has 0 saturated heterocycles. The summed E-state index contributed by atoms with van der Waals surface area (Å²) >= 11 is 0. The molecule has 0 aliphatic heterocycles. The second-order valence-electron chi connectivity index (χ2n) is 20.0. The summed E-state index contributed by atoms with van der Waals surface area (Å²) < 4.78 is 17.9. The molecule has 2 aliphatic rings. The predicted molar refractivity (Wildman–Crippen MR) is 280 cm³/mol. The lowest BCUT2D eigenvalue weighted by Gasteiger charge is -2.34. The van der Waals surface area contributed by atoms with Crippen molar-refractivity contribution in [3.63, 3.8) is 0 Å². The van der Waals surface area contributed by atoms with E-state index in [0.29, 0.717) is 11.3 Å². The monoisotopic (exact) mass is 884 g/mol. The Balaban J connectivity index is 1.11. The zero-order valence-corrected chi connectivity index (χ0v) is 37.9. The minimum Gasteiger partial charge on any atom is -0.456 e. The van der Waals surface area contributed by atoms with Gasteiger partial charge in [0.2, 0.25) is 5.69 Å². The first-order valence-electron chi connectivity index (χ1n) is 23.8. The lowest BCUT2D eigenvalue weighted by Crippen LogP contribution is -2.24. The average molecular weight is 885 g/mol. The van der Waals surface area contributed by atoms with Crippen LogP contribution in [0.3, 0.4) is 0 Å². The number of hydrogen-bond acceptors (Lipinski definition) is 3. The van der Waals surface area contributed by atoms with Gasteiger partial charge in [-0.25, -0.2) is 4.85 Å². The number of furan rings is 2. The smallest absolute Gasteiger partial charge is 0.230 e. The fourth-order valence-electron chi connectivity index (χ4n) is 13.1. The van der Waals surface area contributed by atoms with Crippen molar-refractivity contribution < 1.29 is 8.83 Å². The lowest BCUT2D eigenvalue weighted by molar-refractivity contribution is 0.483. The SMILES string of the molecule is [C-]#[N+]c1c(C#N)c(-n2c3ccc(-c4ccccc4)cc3c3cc4c(cc32)oc2ccccc24)c2c(c1-n1c3ccc(-c4ccccc4)cc3c3cc4c(cc31)oc1ccccc14)C1(C)CCC2(C)C1. The van der Waals surface area contributed by atoms with E-state index >= 15 is 0 Å². The van der Waals surface area contributed by atoms with Gasteiger partial charge in [0.1, 0.15) is 22.3 Å². The molecule has 2 aliphatic carbocycles. The van der Waals surface area contributed by atoms with Gasteiger partial charge >= 0.3 is 0 Å². The van der Waals surface area contributed by atoms with Crippen LogP contribution in [0.15, 0.2) is 179 Å².